The Bertz CT molecular complexity index is 506. The fourth-order valence-corrected chi connectivity index (χ4v) is 1.25. The lowest BCUT2D eigenvalue weighted by molar-refractivity contribution is -0.389. The summed E-state index contributed by atoms with van der Waals surface area (Å²) in [5, 5.41) is 14.7. The first kappa shape index (κ1) is 9.32. The van der Waals surface area contributed by atoms with Crippen molar-refractivity contribution in [2.45, 2.75) is 6.92 Å². The average Bonchev–Trinajstić information content (AvgIpc) is 2.65. The zero-order chi connectivity index (χ0) is 10.8. The number of aromatic nitrogens is 3. The van der Waals surface area contributed by atoms with Gasteiger partial charge in [-0.05, 0) is 34.5 Å². The van der Waals surface area contributed by atoms with Crippen LogP contribution in [0.2, 0.25) is 0 Å². The van der Waals surface area contributed by atoms with Crippen LogP contribution in [-0.4, -0.2) is 19.7 Å². The molecule has 0 aliphatic rings. The molecule has 6 nitrogen and oxygen atoms in total. The van der Waals surface area contributed by atoms with Gasteiger partial charge in [0.05, 0.1) is 6.20 Å². The summed E-state index contributed by atoms with van der Waals surface area (Å²) in [5.74, 6) is -0.194. The summed E-state index contributed by atoms with van der Waals surface area (Å²) < 4.78 is 1.44. The van der Waals surface area contributed by atoms with Gasteiger partial charge < -0.3 is 10.1 Å². The molecule has 0 spiro atoms. The third kappa shape index (κ3) is 1.69. The lowest BCUT2D eigenvalue weighted by atomic mass is 10.4. The summed E-state index contributed by atoms with van der Waals surface area (Å²) in [7, 11) is 0. The number of hydrogen-bond acceptors (Lipinski definition) is 4. The van der Waals surface area contributed by atoms with Crippen molar-refractivity contribution < 1.29 is 4.92 Å². The van der Waals surface area contributed by atoms with Crippen molar-refractivity contribution in [2.24, 2.45) is 0 Å². The first-order valence-electron chi connectivity index (χ1n) is 4.29. The molecule has 15 heavy (non-hydrogen) atoms. The van der Waals surface area contributed by atoms with Crippen molar-refractivity contribution in [3.05, 3.63) is 46.4 Å². The van der Waals surface area contributed by atoms with Crippen molar-refractivity contribution in [3.63, 3.8) is 0 Å². The van der Waals surface area contributed by atoms with Gasteiger partial charge in [-0.3, -0.25) is 0 Å². The van der Waals surface area contributed by atoms with Gasteiger partial charge in [-0.2, -0.15) is 5.10 Å². The summed E-state index contributed by atoms with van der Waals surface area (Å²) >= 11 is 0. The highest BCUT2D eigenvalue weighted by Crippen LogP contribution is 2.18. The average molecular weight is 204 g/mol. The Morgan fingerprint density at radius 3 is 2.93 bits per heavy atom. The summed E-state index contributed by atoms with van der Waals surface area (Å²) in [6, 6.07) is 3.25. The van der Waals surface area contributed by atoms with Gasteiger partial charge in [-0.15, -0.1) is 0 Å². The molecule has 0 radical (unpaired) electrons. The predicted molar refractivity (Wildman–Crippen MR) is 52.8 cm³/mol. The topological polar surface area (TPSA) is 73.8 Å². The number of hydrogen-bond donors (Lipinski definition) is 0. The standard InChI is InChI=1S/C9H8N4O2/c1-7-5-11-12(6-7)8-3-2-4-10-9(8)13(14)15/h2-6H,1H3. The van der Waals surface area contributed by atoms with Crippen LogP contribution >= 0.6 is 0 Å². The minimum atomic E-state index is -0.521. The molecular formula is C9H8N4O2. The van der Waals surface area contributed by atoms with E-state index in [1.165, 1.54) is 10.9 Å². The van der Waals surface area contributed by atoms with Crippen molar-refractivity contribution in [1.82, 2.24) is 14.8 Å². The van der Waals surface area contributed by atoms with Crippen molar-refractivity contribution in [3.8, 4) is 5.69 Å². The first-order chi connectivity index (χ1) is 7.18. The van der Waals surface area contributed by atoms with Gasteiger partial charge in [0.1, 0.15) is 6.20 Å². The Balaban J connectivity index is 2.57. The molecule has 0 N–H and O–H groups in total. The quantitative estimate of drug-likeness (QED) is 0.548. The summed E-state index contributed by atoms with van der Waals surface area (Å²) in [6.45, 7) is 1.87. The van der Waals surface area contributed by atoms with E-state index in [9.17, 15) is 10.1 Å². The number of rotatable bonds is 2. The number of nitrogens with zero attached hydrogens (tertiary/aromatic N) is 4. The van der Waals surface area contributed by atoms with E-state index in [-0.39, 0.29) is 5.82 Å². The molecule has 0 aliphatic carbocycles. The third-order valence-corrected chi connectivity index (χ3v) is 1.90. The van der Waals surface area contributed by atoms with E-state index in [2.05, 4.69) is 10.1 Å². The smallest absolute Gasteiger partial charge is 0.358 e. The zero-order valence-electron chi connectivity index (χ0n) is 7.99. The minimum absolute atomic E-state index is 0.194. The highest BCUT2D eigenvalue weighted by molar-refractivity contribution is 5.45. The predicted octanol–water partition coefficient (Wildman–Crippen LogP) is 1.48. The highest BCUT2D eigenvalue weighted by Gasteiger charge is 2.15. The van der Waals surface area contributed by atoms with E-state index in [1.54, 1.807) is 24.5 Å². The van der Waals surface area contributed by atoms with Crippen LogP contribution in [0.1, 0.15) is 5.56 Å². The molecule has 0 atom stereocenters. The van der Waals surface area contributed by atoms with Crippen LogP contribution in [0.5, 0.6) is 0 Å². The van der Waals surface area contributed by atoms with Crippen LogP contribution in [0.15, 0.2) is 30.7 Å². The molecular weight excluding hydrogens is 196 g/mol. The fraction of sp³-hybridized carbons (Fsp3) is 0.111. The van der Waals surface area contributed by atoms with Crippen LogP contribution in [0.3, 0.4) is 0 Å². The Kier molecular flexibility index (Phi) is 2.17. The molecule has 0 bridgehead atoms. The van der Waals surface area contributed by atoms with Gasteiger partial charge in [0.25, 0.3) is 0 Å². The van der Waals surface area contributed by atoms with Crippen LogP contribution in [0.4, 0.5) is 5.82 Å². The first-order valence-corrected chi connectivity index (χ1v) is 4.29. The molecule has 2 aromatic heterocycles. The second-order valence-electron chi connectivity index (χ2n) is 3.07. The van der Waals surface area contributed by atoms with E-state index in [0.717, 1.165) is 5.56 Å². The summed E-state index contributed by atoms with van der Waals surface area (Å²) in [5.41, 5.74) is 1.31. The Morgan fingerprint density at radius 2 is 2.33 bits per heavy atom. The largest absolute Gasteiger partial charge is 0.389 e. The summed E-state index contributed by atoms with van der Waals surface area (Å²) in [6.07, 6.45) is 4.73. The second kappa shape index (κ2) is 3.49. The lowest BCUT2D eigenvalue weighted by Crippen LogP contribution is -2.02. The molecule has 0 unspecified atom stereocenters. The molecule has 2 rings (SSSR count). The van der Waals surface area contributed by atoms with Crippen molar-refractivity contribution in [1.29, 1.82) is 0 Å². The van der Waals surface area contributed by atoms with Gasteiger partial charge in [-0.1, -0.05) is 0 Å². The van der Waals surface area contributed by atoms with E-state index in [4.69, 9.17) is 0 Å². The molecule has 0 aliphatic heterocycles. The van der Waals surface area contributed by atoms with Crippen molar-refractivity contribution >= 4 is 5.82 Å². The Hall–Kier alpha value is -2.24. The zero-order valence-corrected chi connectivity index (χ0v) is 7.99. The minimum Gasteiger partial charge on any atom is -0.358 e. The number of nitro groups is 1. The lowest BCUT2D eigenvalue weighted by Gasteiger charge is -2.00. The SMILES string of the molecule is Cc1cnn(-c2cccnc2[N+](=O)[O-])c1. The van der Waals surface area contributed by atoms with Crippen LogP contribution < -0.4 is 0 Å². The maximum Gasteiger partial charge on any atom is 0.389 e. The molecule has 0 amide bonds. The van der Waals surface area contributed by atoms with E-state index < -0.39 is 4.92 Å². The second-order valence-corrected chi connectivity index (χ2v) is 3.07. The van der Waals surface area contributed by atoms with Gasteiger partial charge in [0.15, 0.2) is 5.69 Å². The van der Waals surface area contributed by atoms with Crippen LogP contribution in [0, 0.1) is 17.0 Å². The number of aryl methyl sites for hydroxylation is 1. The fourth-order valence-electron chi connectivity index (χ4n) is 1.25. The Morgan fingerprint density at radius 1 is 1.53 bits per heavy atom. The Labute approximate surface area is 85.3 Å². The summed E-state index contributed by atoms with van der Waals surface area (Å²) in [4.78, 5) is 13.9. The van der Waals surface area contributed by atoms with Crippen LogP contribution in [-0.2, 0) is 0 Å². The molecule has 2 aromatic rings. The maximum absolute atomic E-state index is 10.7. The molecule has 0 fully saturated rings. The molecule has 0 saturated heterocycles. The molecule has 6 heteroatoms. The molecule has 0 saturated carbocycles. The molecule has 2 heterocycles. The van der Waals surface area contributed by atoms with Gasteiger partial charge in [0, 0.05) is 6.20 Å². The normalized spacial score (nSPS) is 10.2. The number of pyridine rings is 1. The van der Waals surface area contributed by atoms with E-state index in [1.807, 2.05) is 6.92 Å². The monoisotopic (exact) mass is 204 g/mol. The van der Waals surface area contributed by atoms with Crippen LogP contribution in [0.25, 0.3) is 5.69 Å². The van der Waals surface area contributed by atoms with E-state index >= 15 is 0 Å². The molecule has 76 valence electrons. The van der Waals surface area contributed by atoms with E-state index in [0.29, 0.717) is 5.69 Å². The third-order valence-electron chi connectivity index (χ3n) is 1.90. The molecule has 0 aromatic carbocycles. The van der Waals surface area contributed by atoms with Gasteiger partial charge in [0.2, 0.25) is 0 Å². The van der Waals surface area contributed by atoms with Gasteiger partial charge in [-0.25, -0.2) is 4.68 Å². The highest BCUT2D eigenvalue weighted by atomic mass is 16.6. The van der Waals surface area contributed by atoms with Crippen molar-refractivity contribution in [2.75, 3.05) is 0 Å². The maximum atomic E-state index is 10.7. The van der Waals surface area contributed by atoms with Gasteiger partial charge >= 0.3 is 5.82 Å².